The molecule has 0 saturated heterocycles. The van der Waals surface area contributed by atoms with Crippen LogP contribution in [0.2, 0.25) is 0 Å². The van der Waals surface area contributed by atoms with E-state index in [0.717, 1.165) is 5.57 Å². The van der Waals surface area contributed by atoms with E-state index in [1.54, 1.807) is 6.08 Å². The molecule has 0 radical (unpaired) electrons. The molecule has 0 unspecified atom stereocenters. The molecule has 0 aliphatic rings. The molecule has 14 heavy (non-hydrogen) atoms. The molecule has 0 aliphatic carbocycles. The van der Waals surface area contributed by atoms with Gasteiger partial charge >= 0.3 is 0 Å². The van der Waals surface area contributed by atoms with E-state index in [1.165, 1.54) is 5.56 Å². The average molecular weight is 188 g/mol. The summed E-state index contributed by atoms with van der Waals surface area (Å²) in [4.78, 5) is 0. The smallest absolute Gasteiger partial charge is 0.0263 e. The third kappa shape index (κ3) is 8.54. The lowest BCUT2D eigenvalue weighted by atomic mass is 10.2. The fraction of sp³-hybridized carbons (Fsp3) is 0.143. The summed E-state index contributed by atoms with van der Waals surface area (Å²) in [7, 11) is 0. The monoisotopic (exact) mass is 188 g/mol. The third-order valence-electron chi connectivity index (χ3n) is 1.38. The molecule has 0 aromatic heterocycles. The Morgan fingerprint density at radius 1 is 1.14 bits per heavy atom. The van der Waals surface area contributed by atoms with Crippen LogP contribution in [0.3, 0.4) is 0 Å². The van der Waals surface area contributed by atoms with Crippen LogP contribution in [0.5, 0.6) is 0 Å². The molecule has 1 aromatic rings. The van der Waals surface area contributed by atoms with E-state index in [0.29, 0.717) is 0 Å². The van der Waals surface area contributed by atoms with E-state index in [-0.39, 0.29) is 7.43 Å². The van der Waals surface area contributed by atoms with E-state index < -0.39 is 0 Å². The molecule has 0 fully saturated rings. The molecule has 0 atom stereocenters. The van der Waals surface area contributed by atoms with Gasteiger partial charge in [0.25, 0.3) is 0 Å². The predicted molar refractivity (Wildman–Crippen MR) is 68.3 cm³/mol. The van der Waals surface area contributed by atoms with Gasteiger partial charge in [-0.1, -0.05) is 75.2 Å². The van der Waals surface area contributed by atoms with Crippen molar-refractivity contribution in [1.29, 1.82) is 0 Å². The summed E-state index contributed by atoms with van der Waals surface area (Å²) in [6.07, 6.45) is 3.56. The maximum atomic E-state index is 3.63. The van der Waals surface area contributed by atoms with Gasteiger partial charge in [0.15, 0.2) is 0 Å². The Hall–Kier alpha value is -1.56. The van der Waals surface area contributed by atoms with Crippen LogP contribution < -0.4 is 0 Å². The lowest BCUT2D eigenvalue weighted by Gasteiger charge is -1.85. The van der Waals surface area contributed by atoms with Crippen LogP contribution in [-0.4, -0.2) is 0 Å². The molecule has 0 aliphatic heterocycles. The lowest BCUT2D eigenvalue weighted by molar-refractivity contribution is 1.58. The average Bonchev–Trinajstić information content (AvgIpc) is 2.20. The van der Waals surface area contributed by atoms with E-state index in [9.17, 15) is 0 Å². The molecular weight excluding hydrogens is 168 g/mol. The maximum absolute atomic E-state index is 3.63. The normalized spacial score (nSPS) is 7.21. The van der Waals surface area contributed by atoms with Crippen molar-refractivity contribution < 1.29 is 0 Å². The van der Waals surface area contributed by atoms with E-state index in [4.69, 9.17) is 0 Å². The largest absolute Gasteiger partial charge is 0.0988 e. The van der Waals surface area contributed by atoms with Crippen molar-refractivity contribution in [2.24, 2.45) is 0 Å². The molecule has 0 nitrogen and oxygen atoms in total. The van der Waals surface area contributed by atoms with Crippen molar-refractivity contribution in [1.82, 2.24) is 0 Å². The Morgan fingerprint density at radius 3 is 1.79 bits per heavy atom. The van der Waals surface area contributed by atoms with Crippen molar-refractivity contribution in [3.05, 3.63) is 67.3 Å². The van der Waals surface area contributed by atoms with Gasteiger partial charge in [-0.15, -0.1) is 0 Å². The first-order chi connectivity index (χ1) is 6.20. The molecule has 0 saturated carbocycles. The maximum Gasteiger partial charge on any atom is -0.0263 e. The topological polar surface area (TPSA) is 0 Å². The summed E-state index contributed by atoms with van der Waals surface area (Å²) < 4.78 is 0. The molecule has 1 rings (SSSR count). The third-order valence-corrected chi connectivity index (χ3v) is 1.38. The van der Waals surface area contributed by atoms with Gasteiger partial charge in [0.05, 0.1) is 0 Å². The highest BCUT2D eigenvalue weighted by atomic mass is 13.8. The second kappa shape index (κ2) is 9.53. The number of rotatable bonds is 2. The van der Waals surface area contributed by atoms with Crippen LogP contribution in [0.25, 0.3) is 6.08 Å². The van der Waals surface area contributed by atoms with Crippen LogP contribution in [0.4, 0.5) is 0 Å². The standard InChI is InChI=1S/C8H8.C5H8.CH4/c1-2-8-6-4-3-5-7-8;1-4-5(2)3;/h2-7H,1H2;4H,1-2H2,3H3;1H4. The van der Waals surface area contributed by atoms with Crippen molar-refractivity contribution in [3.8, 4) is 0 Å². The first-order valence-corrected chi connectivity index (χ1v) is 4.16. The molecule has 76 valence electrons. The number of allylic oxidation sites excluding steroid dienone is 2. The molecule has 0 spiro atoms. The van der Waals surface area contributed by atoms with Crippen LogP contribution in [0.15, 0.2) is 61.7 Å². The molecule has 0 heterocycles. The van der Waals surface area contributed by atoms with Gasteiger partial charge in [-0.3, -0.25) is 0 Å². The predicted octanol–water partition coefficient (Wildman–Crippen LogP) is 4.71. The Bertz CT molecular complexity index is 267. The van der Waals surface area contributed by atoms with Crippen molar-refractivity contribution >= 4 is 6.08 Å². The quantitative estimate of drug-likeness (QED) is 0.589. The fourth-order valence-corrected chi connectivity index (χ4v) is 0.589. The Balaban J connectivity index is 0. The summed E-state index contributed by atoms with van der Waals surface area (Å²) in [5, 5.41) is 0. The van der Waals surface area contributed by atoms with Crippen LogP contribution >= 0.6 is 0 Å². The number of benzene rings is 1. The van der Waals surface area contributed by atoms with Crippen LogP contribution in [0, 0.1) is 0 Å². The first-order valence-electron chi connectivity index (χ1n) is 4.16. The highest BCUT2D eigenvalue weighted by Crippen LogP contribution is 1.97. The Kier molecular flexibility index (Phi) is 10.2. The van der Waals surface area contributed by atoms with Gasteiger partial charge in [0.2, 0.25) is 0 Å². The lowest BCUT2D eigenvalue weighted by Crippen LogP contribution is -1.63. The van der Waals surface area contributed by atoms with Gasteiger partial charge in [0, 0.05) is 0 Å². The summed E-state index contributed by atoms with van der Waals surface area (Å²) >= 11 is 0. The molecular formula is C14H20. The molecule has 1 aromatic carbocycles. The van der Waals surface area contributed by atoms with Gasteiger partial charge in [-0.05, 0) is 12.5 Å². The molecule has 0 amide bonds. The van der Waals surface area contributed by atoms with E-state index >= 15 is 0 Å². The Labute approximate surface area is 88.3 Å². The van der Waals surface area contributed by atoms with E-state index in [2.05, 4.69) is 19.7 Å². The minimum absolute atomic E-state index is 0. The van der Waals surface area contributed by atoms with Crippen molar-refractivity contribution in [2.45, 2.75) is 14.4 Å². The van der Waals surface area contributed by atoms with Crippen molar-refractivity contribution in [3.63, 3.8) is 0 Å². The first kappa shape index (κ1) is 14.9. The second-order valence-electron chi connectivity index (χ2n) is 2.67. The minimum atomic E-state index is 0. The highest BCUT2D eigenvalue weighted by molar-refractivity contribution is 5.45. The minimum Gasteiger partial charge on any atom is -0.0988 e. The Morgan fingerprint density at radius 2 is 1.57 bits per heavy atom. The zero-order chi connectivity index (χ0) is 10.1. The van der Waals surface area contributed by atoms with Crippen LogP contribution in [0.1, 0.15) is 19.9 Å². The summed E-state index contributed by atoms with van der Waals surface area (Å²) in [5.74, 6) is 0. The molecule has 0 N–H and O–H groups in total. The number of hydrogen-bond donors (Lipinski definition) is 0. The summed E-state index contributed by atoms with van der Waals surface area (Å²) in [6.45, 7) is 12.6. The summed E-state index contributed by atoms with van der Waals surface area (Å²) in [5.41, 5.74) is 2.19. The highest BCUT2D eigenvalue weighted by Gasteiger charge is 1.75. The summed E-state index contributed by atoms with van der Waals surface area (Å²) in [6, 6.07) is 10.0. The molecule has 0 bridgehead atoms. The van der Waals surface area contributed by atoms with Gasteiger partial charge < -0.3 is 0 Å². The van der Waals surface area contributed by atoms with Gasteiger partial charge in [0.1, 0.15) is 0 Å². The van der Waals surface area contributed by atoms with Gasteiger partial charge in [-0.2, -0.15) is 0 Å². The fourth-order valence-electron chi connectivity index (χ4n) is 0.589. The van der Waals surface area contributed by atoms with Crippen LogP contribution in [-0.2, 0) is 0 Å². The molecule has 0 heteroatoms. The zero-order valence-corrected chi connectivity index (χ0v) is 8.16. The second-order valence-corrected chi connectivity index (χ2v) is 2.67. The SMILES string of the molecule is C.C=CC(=C)C.C=Cc1ccccc1. The van der Waals surface area contributed by atoms with Crippen molar-refractivity contribution in [2.75, 3.05) is 0 Å². The van der Waals surface area contributed by atoms with E-state index in [1.807, 2.05) is 43.3 Å². The zero-order valence-electron chi connectivity index (χ0n) is 8.16. The number of hydrogen-bond acceptors (Lipinski definition) is 0. The van der Waals surface area contributed by atoms with Gasteiger partial charge in [-0.25, -0.2) is 0 Å².